The Labute approximate surface area is 53.1 Å². The van der Waals surface area contributed by atoms with Gasteiger partial charge >= 0.3 is 0 Å². The highest BCUT2D eigenvalue weighted by molar-refractivity contribution is 5.80. The maximum absolute atomic E-state index is 10.4. The van der Waals surface area contributed by atoms with Crippen LogP contribution in [0.5, 0.6) is 0 Å². The monoisotopic (exact) mass is 130 g/mol. The number of hydrogen-bond donors (Lipinski definition) is 2. The molecule has 1 amide bonds. The predicted octanol–water partition coefficient (Wildman–Crippen LogP) is -1.41. The van der Waals surface area contributed by atoms with Crippen molar-refractivity contribution < 1.29 is 9.53 Å². The van der Waals surface area contributed by atoms with Crippen LogP contribution in [0, 0.1) is 0 Å². The fourth-order valence-electron chi connectivity index (χ4n) is 0.720. The summed E-state index contributed by atoms with van der Waals surface area (Å²) in [5, 5.41) is 0. The summed E-state index contributed by atoms with van der Waals surface area (Å²) in [6, 6.07) is -0.612. The molecule has 2 unspecified atom stereocenters. The maximum Gasteiger partial charge on any atom is 0.237 e. The van der Waals surface area contributed by atoms with Gasteiger partial charge in [-0.2, -0.15) is 0 Å². The first kappa shape index (κ1) is 6.51. The molecule has 4 heteroatoms. The third kappa shape index (κ3) is 1.20. The zero-order valence-electron chi connectivity index (χ0n) is 5.04. The number of carbonyl (C=O) groups excluding carboxylic acids is 1. The van der Waals surface area contributed by atoms with E-state index in [0.29, 0.717) is 6.61 Å². The van der Waals surface area contributed by atoms with Crippen LogP contribution in [-0.4, -0.2) is 24.7 Å². The van der Waals surface area contributed by atoms with E-state index in [4.69, 9.17) is 16.2 Å². The molecular formula is C5H10N2O2. The minimum atomic E-state index is -0.612. The summed E-state index contributed by atoms with van der Waals surface area (Å²) in [5.41, 5.74) is 10.2. The molecule has 0 aromatic heterocycles. The van der Waals surface area contributed by atoms with E-state index in [2.05, 4.69) is 0 Å². The van der Waals surface area contributed by atoms with E-state index in [1.165, 1.54) is 0 Å². The Morgan fingerprint density at radius 2 is 2.33 bits per heavy atom. The van der Waals surface area contributed by atoms with Crippen LogP contribution in [0.4, 0.5) is 0 Å². The van der Waals surface area contributed by atoms with Gasteiger partial charge in [-0.05, 0) is 6.42 Å². The molecular weight excluding hydrogens is 120 g/mol. The van der Waals surface area contributed by atoms with Crippen molar-refractivity contribution in [3.63, 3.8) is 0 Å². The van der Waals surface area contributed by atoms with Crippen LogP contribution in [0.2, 0.25) is 0 Å². The smallest absolute Gasteiger partial charge is 0.237 e. The molecule has 0 bridgehead atoms. The van der Waals surface area contributed by atoms with Gasteiger partial charge in [0.15, 0.2) is 0 Å². The average Bonchev–Trinajstić information content (AvgIpc) is 1.60. The first-order valence-electron chi connectivity index (χ1n) is 2.88. The quantitative estimate of drug-likeness (QED) is 0.482. The number of ether oxygens (including phenoxy) is 1. The van der Waals surface area contributed by atoms with Gasteiger partial charge in [0.1, 0.15) is 6.04 Å². The second kappa shape index (κ2) is 2.33. The number of amides is 1. The normalized spacial score (nSPS) is 28.8. The van der Waals surface area contributed by atoms with Gasteiger partial charge in [0.2, 0.25) is 5.91 Å². The number of nitrogens with two attached hydrogens (primary N) is 2. The Balaban J connectivity index is 2.32. The molecule has 52 valence electrons. The van der Waals surface area contributed by atoms with Crippen LogP contribution in [0.1, 0.15) is 6.42 Å². The minimum Gasteiger partial charge on any atom is -0.376 e. The summed E-state index contributed by atoms with van der Waals surface area (Å²) < 4.78 is 4.93. The van der Waals surface area contributed by atoms with E-state index in [1.807, 2.05) is 0 Å². The van der Waals surface area contributed by atoms with Crippen molar-refractivity contribution in [3.8, 4) is 0 Å². The molecule has 0 saturated carbocycles. The lowest BCUT2D eigenvalue weighted by molar-refractivity contribution is -0.129. The first-order chi connectivity index (χ1) is 4.22. The van der Waals surface area contributed by atoms with Gasteiger partial charge in [-0.25, -0.2) is 0 Å². The van der Waals surface area contributed by atoms with Gasteiger partial charge in [-0.1, -0.05) is 0 Å². The molecule has 1 aliphatic heterocycles. The lowest BCUT2D eigenvalue weighted by Crippen LogP contribution is -2.51. The Bertz CT molecular complexity index is 122. The van der Waals surface area contributed by atoms with Crippen molar-refractivity contribution in [1.82, 2.24) is 0 Å². The van der Waals surface area contributed by atoms with Crippen molar-refractivity contribution in [3.05, 3.63) is 0 Å². The van der Waals surface area contributed by atoms with Crippen LogP contribution in [-0.2, 0) is 9.53 Å². The molecule has 1 heterocycles. The topological polar surface area (TPSA) is 78.3 Å². The third-order valence-corrected chi connectivity index (χ3v) is 1.46. The number of rotatable bonds is 2. The van der Waals surface area contributed by atoms with E-state index in [-0.39, 0.29) is 6.10 Å². The zero-order chi connectivity index (χ0) is 6.85. The maximum atomic E-state index is 10.4. The van der Waals surface area contributed by atoms with E-state index in [9.17, 15) is 4.79 Å². The molecule has 0 radical (unpaired) electrons. The van der Waals surface area contributed by atoms with Crippen molar-refractivity contribution in [2.24, 2.45) is 11.5 Å². The van der Waals surface area contributed by atoms with Gasteiger partial charge in [0, 0.05) is 6.61 Å². The standard InChI is InChI=1S/C5H10N2O2/c6-4(5(7)8)3-1-2-9-3/h3-4H,1-2,6H2,(H2,7,8). The molecule has 0 aliphatic carbocycles. The summed E-state index contributed by atoms with van der Waals surface area (Å²) in [5.74, 6) is -0.486. The highest BCUT2D eigenvalue weighted by Gasteiger charge is 2.28. The lowest BCUT2D eigenvalue weighted by atomic mass is 10.1. The van der Waals surface area contributed by atoms with Crippen molar-refractivity contribution in [2.75, 3.05) is 6.61 Å². The van der Waals surface area contributed by atoms with E-state index in [0.717, 1.165) is 6.42 Å². The molecule has 9 heavy (non-hydrogen) atoms. The van der Waals surface area contributed by atoms with Crippen LogP contribution < -0.4 is 11.5 Å². The van der Waals surface area contributed by atoms with E-state index < -0.39 is 11.9 Å². The molecule has 0 aromatic rings. The number of hydrogen-bond acceptors (Lipinski definition) is 3. The highest BCUT2D eigenvalue weighted by Crippen LogP contribution is 2.12. The SMILES string of the molecule is NC(=O)C(N)C1CCO1. The van der Waals surface area contributed by atoms with Crippen LogP contribution >= 0.6 is 0 Å². The second-order valence-corrected chi connectivity index (χ2v) is 2.13. The van der Waals surface area contributed by atoms with E-state index in [1.54, 1.807) is 0 Å². The Hall–Kier alpha value is -0.610. The highest BCUT2D eigenvalue weighted by atomic mass is 16.5. The van der Waals surface area contributed by atoms with Crippen LogP contribution in [0.15, 0.2) is 0 Å². The van der Waals surface area contributed by atoms with Crippen molar-refractivity contribution >= 4 is 5.91 Å². The summed E-state index contributed by atoms with van der Waals surface area (Å²) in [4.78, 5) is 10.4. The second-order valence-electron chi connectivity index (χ2n) is 2.13. The van der Waals surface area contributed by atoms with Crippen molar-refractivity contribution in [2.45, 2.75) is 18.6 Å². The van der Waals surface area contributed by atoms with Crippen LogP contribution in [0.25, 0.3) is 0 Å². The van der Waals surface area contributed by atoms with Gasteiger partial charge in [0.25, 0.3) is 0 Å². The van der Waals surface area contributed by atoms with Crippen LogP contribution in [0.3, 0.4) is 0 Å². The molecule has 2 atom stereocenters. The fourth-order valence-corrected chi connectivity index (χ4v) is 0.720. The van der Waals surface area contributed by atoms with Gasteiger partial charge < -0.3 is 16.2 Å². The summed E-state index contributed by atoms with van der Waals surface area (Å²) in [7, 11) is 0. The molecule has 1 aliphatic rings. The zero-order valence-corrected chi connectivity index (χ0v) is 5.04. The summed E-state index contributed by atoms with van der Waals surface area (Å²) in [6.45, 7) is 0.700. The molecule has 4 nitrogen and oxygen atoms in total. The Kier molecular flexibility index (Phi) is 1.68. The van der Waals surface area contributed by atoms with Gasteiger partial charge in [-0.3, -0.25) is 4.79 Å². The molecule has 4 N–H and O–H groups in total. The molecule has 0 spiro atoms. The van der Waals surface area contributed by atoms with Gasteiger partial charge in [-0.15, -0.1) is 0 Å². The Morgan fingerprint density at radius 3 is 2.44 bits per heavy atom. The minimum absolute atomic E-state index is 0.123. The largest absolute Gasteiger partial charge is 0.376 e. The lowest BCUT2D eigenvalue weighted by Gasteiger charge is -2.29. The molecule has 1 fully saturated rings. The molecule has 0 aromatic carbocycles. The Morgan fingerprint density at radius 1 is 1.78 bits per heavy atom. The van der Waals surface area contributed by atoms with E-state index >= 15 is 0 Å². The number of primary amides is 1. The average molecular weight is 130 g/mol. The molecule has 1 saturated heterocycles. The fraction of sp³-hybridized carbons (Fsp3) is 0.800. The third-order valence-electron chi connectivity index (χ3n) is 1.46. The summed E-state index contributed by atoms with van der Waals surface area (Å²) >= 11 is 0. The number of carbonyl (C=O) groups is 1. The first-order valence-corrected chi connectivity index (χ1v) is 2.88. The summed E-state index contributed by atoms with van der Waals surface area (Å²) in [6.07, 6.45) is 0.729. The predicted molar refractivity (Wildman–Crippen MR) is 31.5 cm³/mol. The van der Waals surface area contributed by atoms with Gasteiger partial charge in [0.05, 0.1) is 6.10 Å². The van der Waals surface area contributed by atoms with Crippen molar-refractivity contribution in [1.29, 1.82) is 0 Å². The molecule has 1 rings (SSSR count).